The van der Waals surface area contributed by atoms with Crippen LogP contribution in [0.15, 0.2) is 25.3 Å². The molecule has 5 heteroatoms. The van der Waals surface area contributed by atoms with E-state index in [1.807, 2.05) is 0 Å². The minimum absolute atomic E-state index is 0.158. The minimum atomic E-state index is -0.579. The van der Waals surface area contributed by atoms with Gasteiger partial charge in [-0.1, -0.05) is 12.2 Å². The Morgan fingerprint density at radius 1 is 1.41 bits per heavy atom. The van der Waals surface area contributed by atoms with E-state index in [0.29, 0.717) is 13.1 Å². The first-order valence-corrected chi connectivity index (χ1v) is 5.91. The molecule has 4 N–H and O–H groups in total. The van der Waals surface area contributed by atoms with Gasteiger partial charge in [0.1, 0.15) is 0 Å². The maximum Gasteiger partial charge on any atom is 0.319 e. The number of carbonyl (C=O) groups is 1. The summed E-state index contributed by atoms with van der Waals surface area (Å²) >= 11 is 0. The molecule has 0 aliphatic carbocycles. The van der Waals surface area contributed by atoms with Gasteiger partial charge in [0.2, 0.25) is 0 Å². The lowest BCUT2D eigenvalue weighted by atomic mass is 9.97. The summed E-state index contributed by atoms with van der Waals surface area (Å²) in [6, 6.07) is -0.158. The average Bonchev–Trinajstić information content (AvgIpc) is 2.33. The topological polar surface area (TPSA) is 70.4 Å². The second-order valence-corrected chi connectivity index (χ2v) is 4.23. The first-order valence-electron chi connectivity index (χ1n) is 5.91. The molecule has 0 atom stereocenters. The summed E-state index contributed by atoms with van der Waals surface area (Å²) in [4.78, 5) is 13.7. The molecule has 17 heavy (non-hydrogen) atoms. The van der Waals surface area contributed by atoms with Gasteiger partial charge in [0, 0.05) is 13.1 Å². The van der Waals surface area contributed by atoms with E-state index < -0.39 is 5.66 Å². The van der Waals surface area contributed by atoms with Gasteiger partial charge in [0.05, 0.1) is 5.66 Å². The predicted octanol–water partition coefficient (Wildman–Crippen LogP) is 0.408. The van der Waals surface area contributed by atoms with Crippen molar-refractivity contribution in [3.8, 4) is 0 Å². The van der Waals surface area contributed by atoms with Crippen LogP contribution >= 0.6 is 0 Å². The fourth-order valence-electron chi connectivity index (χ4n) is 1.98. The van der Waals surface area contributed by atoms with Crippen molar-refractivity contribution in [3.05, 3.63) is 25.3 Å². The zero-order valence-corrected chi connectivity index (χ0v) is 10.2. The van der Waals surface area contributed by atoms with E-state index in [-0.39, 0.29) is 6.03 Å². The predicted molar refractivity (Wildman–Crippen MR) is 69.5 cm³/mol. The first kappa shape index (κ1) is 13.7. The summed E-state index contributed by atoms with van der Waals surface area (Å²) < 4.78 is 0. The molecular formula is C12H22N4O. The third-order valence-electron chi connectivity index (χ3n) is 2.96. The number of urea groups is 1. The summed E-state index contributed by atoms with van der Waals surface area (Å²) in [5, 5.41) is 6.00. The first-order chi connectivity index (χ1) is 8.14. The van der Waals surface area contributed by atoms with E-state index in [2.05, 4.69) is 23.8 Å². The summed E-state index contributed by atoms with van der Waals surface area (Å²) in [6.07, 6.45) is 4.85. The maximum absolute atomic E-state index is 12.0. The highest BCUT2D eigenvalue weighted by Gasteiger charge is 2.36. The lowest BCUT2D eigenvalue weighted by molar-refractivity contribution is 0.0977. The van der Waals surface area contributed by atoms with Crippen LogP contribution < -0.4 is 16.4 Å². The van der Waals surface area contributed by atoms with Crippen molar-refractivity contribution in [1.29, 1.82) is 0 Å². The highest BCUT2D eigenvalue weighted by atomic mass is 16.2. The molecule has 0 unspecified atom stereocenters. The number of hydrogen-bond donors (Lipinski definition) is 3. The number of rotatable bonds is 5. The third-order valence-corrected chi connectivity index (χ3v) is 2.96. The Hall–Kier alpha value is -1.33. The minimum Gasteiger partial charge on any atom is -0.334 e. The van der Waals surface area contributed by atoms with Gasteiger partial charge in [-0.3, -0.25) is 0 Å². The molecule has 2 amide bonds. The number of piperidine rings is 1. The molecule has 1 aliphatic rings. The van der Waals surface area contributed by atoms with Gasteiger partial charge in [-0.05, 0) is 25.9 Å². The fourth-order valence-corrected chi connectivity index (χ4v) is 1.98. The van der Waals surface area contributed by atoms with Crippen molar-refractivity contribution in [2.24, 2.45) is 5.73 Å². The standard InChI is InChI=1S/C12H22N4O/c1-3-7-15-11(17)16(10-4-2)12(13)5-8-14-9-6-12/h3-4,14H,1-2,5-10,13H2,(H,15,17). The normalized spacial score (nSPS) is 18.2. The molecule has 1 aliphatic heterocycles. The van der Waals surface area contributed by atoms with Crippen molar-refractivity contribution in [2.75, 3.05) is 26.2 Å². The molecule has 1 heterocycles. The molecule has 1 rings (SSSR count). The van der Waals surface area contributed by atoms with Crippen LogP contribution in [0.25, 0.3) is 0 Å². The van der Waals surface area contributed by atoms with Crippen LogP contribution in [0, 0.1) is 0 Å². The molecular weight excluding hydrogens is 216 g/mol. The van der Waals surface area contributed by atoms with Crippen LogP contribution in [-0.2, 0) is 0 Å². The Balaban J connectivity index is 2.71. The second kappa shape index (κ2) is 6.42. The van der Waals surface area contributed by atoms with E-state index in [0.717, 1.165) is 25.9 Å². The van der Waals surface area contributed by atoms with Crippen LogP contribution in [0.2, 0.25) is 0 Å². The molecule has 0 aromatic carbocycles. The van der Waals surface area contributed by atoms with E-state index in [1.165, 1.54) is 0 Å². The Morgan fingerprint density at radius 3 is 2.59 bits per heavy atom. The van der Waals surface area contributed by atoms with Crippen molar-refractivity contribution in [3.63, 3.8) is 0 Å². The number of hydrogen-bond acceptors (Lipinski definition) is 3. The smallest absolute Gasteiger partial charge is 0.319 e. The largest absolute Gasteiger partial charge is 0.334 e. The zero-order valence-electron chi connectivity index (χ0n) is 10.2. The van der Waals surface area contributed by atoms with Gasteiger partial charge in [0.15, 0.2) is 0 Å². The van der Waals surface area contributed by atoms with E-state index in [9.17, 15) is 4.79 Å². The number of nitrogens with two attached hydrogens (primary N) is 1. The van der Waals surface area contributed by atoms with Crippen LogP contribution in [-0.4, -0.2) is 42.8 Å². The van der Waals surface area contributed by atoms with Crippen molar-refractivity contribution < 1.29 is 4.79 Å². The second-order valence-electron chi connectivity index (χ2n) is 4.23. The van der Waals surface area contributed by atoms with Gasteiger partial charge in [0.25, 0.3) is 0 Å². The van der Waals surface area contributed by atoms with Gasteiger partial charge in [-0.15, -0.1) is 13.2 Å². The molecule has 0 spiro atoms. The molecule has 0 bridgehead atoms. The molecule has 0 saturated carbocycles. The fraction of sp³-hybridized carbons (Fsp3) is 0.583. The molecule has 96 valence electrons. The maximum atomic E-state index is 12.0. The van der Waals surface area contributed by atoms with Crippen molar-refractivity contribution in [2.45, 2.75) is 18.5 Å². The van der Waals surface area contributed by atoms with Crippen LogP contribution in [0.3, 0.4) is 0 Å². The molecule has 5 nitrogen and oxygen atoms in total. The molecule has 0 radical (unpaired) electrons. The lowest BCUT2D eigenvalue weighted by Gasteiger charge is -2.43. The van der Waals surface area contributed by atoms with Crippen LogP contribution in [0.1, 0.15) is 12.8 Å². The lowest BCUT2D eigenvalue weighted by Crippen LogP contribution is -2.64. The van der Waals surface area contributed by atoms with Crippen LogP contribution in [0.5, 0.6) is 0 Å². The Kier molecular flexibility index (Phi) is 5.18. The Morgan fingerprint density at radius 2 is 2.06 bits per heavy atom. The quantitative estimate of drug-likeness (QED) is 0.480. The SMILES string of the molecule is C=CCNC(=O)N(CC=C)C1(N)CCNCC1. The highest BCUT2D eigenvalue weighted by Crippen LogP contribution is 2.20. The molecule has 0 aromatic heterocycles. The van der Waals surface area contributed by atoms with Crippen LogP contribution in [0.4, 0.5) is 4.79 Å². The molecule has 1 fully saturated rings. The van der Waals surface area contributed by atoms with E-state index >= 15 is 0 Å². The van der Waals surface area contributed by atoms with Crippen molar-refractivity contribution in [1.82, 2.24) is 15.5 Å². The summed E-state index contributed by atoms with van der Waals surface area (Å²) in [7, 11) is 0. The molecule has 0 aromatic rings. The van der Waals surface area contributed by atoms with E-state index in [1.54, 1.807) is 17.1 Å². The van der Waals surface area contributed by atoms with Gasteiger partial charge in [-0.2, -0.15) is 0 Å². The summed E-state index contributed by atoms with van der Waals surface area (Å²) in [5.74, 6) is 0. The monoisotopic (exact) mass is 238 g/mol. The third kappa shape index (κ3) is 3.57. The number of nitrogens with one attached hydrogen (secondary N) is 2. The molecule has 1 saturated heterocycles. The van der Waals surface area contributed by atoms with Crippen molar-refractivity contribution >= 4 is 6.03 Å². The zero-order chi connectivity index (χ0) is 12.7. The number of carbonyl (C=O) groups excluding carboxylic acids is 1. The number of amides is 2. The summed E-state index contributed by atoms with van der Waals surface area (Å²) in [6.45, 7) is 9.82. The number of nitrogens with zero attached hydrogens (tertiary/aromatic N) is 1. The Bertz CT molecular complexity index is 284. The van der Waals surface area contributed by atoms with Gasteiger partial charge < -0.3 is 21.3 Å². The van der Waals surface area contributed by atoms with Gasteiger partial charge >= 0.3 is 6.03 Å². The average molecular weight is 238 g/mol. The van der Waals surface area contributed by atoms with E-state index in [4.69, 9.17) is 5.73 Å². The van der Waals surface area contributed by atoms with Gasteiger partial charge in [-0.25, -0.2) is 4.79 Å². The Labute approximate surface area is 103 Å². The highest BCUT2D eigenvalue weighted by molar-refractivity contribution is 5.75. The summed E-state index contributed by atoms with van der Waals surface area (Å²) in [5.41, 5.74) is 5.73.